The van der Waals surface area contributed by atoms with Crippen LogP contribution in [0.15, 0.2) is 55.4 Å². The number of halogens is 1. The van der Waals surface area contributed by atoms with Crippen LogP contribution in [0, 0.1) is 5.82 Å². The van der Waals surface area contributed by atoms with Crippen LogP contribution in [0.1, 0.15) is 34.9 Å². The highest BCUT2D eigenvalue weighted by atomic mass is 19.1. The molecule has 0 saturated carbocycles. The van der Waals surface area contributed by atoms with Crippen LogP contribution in [-0.4, -0.2) is 55.6 Å². The van der Waals surface area contributed by atoms with E-state index in [0.717, 1.165) is 54.2 Å². The van der Waals surface area contributed by atoms with E-state index in [1.807, 2.05) is 18.3 Å². The predicted octanol–water partition coefficient (Wildman–Crippen LogP) is 3.72. The summed E-state index contributed by atoms with van der Waals surface area (Å²) in [6.07, 6.45) is 12.1. The molecule has 4 aromatic rings. The van der Waals surface area contributed by atoms with Crippen LogP contribution >= 0.6 is 0 Å². The summed E-state index contributed by atoms with van der Waals surface area (Å²) in [5.74, 6) is -0.753. The Morgan fingerprint density at radius 1 is 1.03 bits per heavy atom. The first-order valence-electron chi connectivity index (χ1n) is 10.7. The van der Waals surface area contributed by atoms with Crippen LogP contribution in [0.3, 0.4) is 0 Å². The molecule has 0 atom stereocenters. The van der Waals surface area contributed by atoms with E-state index in [9.17, 15) is 9.18 Å². The van der Waals surface area contributed by atoms with Gasteiger partial charge in [0.2, 0.25) is 0 Å². The zero-order chi connectivity index (χ0) is 22.1. The van der Waals surface area contributed by atoms with Crippen molar-refractivity contribution in [2.24, 2.45) is 0 Å². The quantitative estimate of drug-likeness (QED) is 0.449. The van der Waals surface area contributed by atoms with Gasteiger partial charge >= 0.3 is 0 Å². The Bertz CT molecular complexity index is 1280. The number of nitrogens with zero attached hydrogens (tertiary/aromatic N) is 6. The number of carbonyl (C=O) groups excluding carboxylic acids is 1. The molecule has 7 nitrogen and oxygen atoms in total. The summed E-state index contributed by atoms with van der Waals surface area (Å²) >= 11 is 0. The maximum Gasteiger partial charge on any atom is 0.170 e. The standard InChI is InChI=1S/C24H23FN6O/c1-30-4-2-22(3-5-30)31-15-19(13-29-31)23-8-16-7-21(27-11-18(16)12-28-23)9-24(32)17-6-20(25)14-26-10-17/h6-8,10-15,22H,2-5,9H2,1H3. The molecule has 4 aromatic heterocycles. The van der Waals surface area contributed by atoms with E-state index in [-0.39, 0.29) is 17.8 Å². The topological polar surface area (TPSA) is 76.8 Å². The van der Waals surface area contributed by atoms with Gasteiger partial charge in [-0.05, 0) is 56.6 Å². The summed E-state index contributed by atoms with van der Waals surface area (Å²) in [6.45, 7) is 2.16. The van der Waals surface area contributed by atoms with Gasteiger partial charge in [0.1, 0.15) is 5.82 Å². The Hall–Kier alpha value is -3.52. The van der Waals surface area contributed by atoms with Crippen molar-refractivity contribution < 1.29 is 9.18 Å². The molecule has 32 heavy (non-hydrogen) atoms. The van der Waals surface area contributed by atoms with Gasteiger partial charge < -0.3 is 4.90 Å². The van der Waals surface area contributed by atoms with Crippen LogP contribution < -0.4 is 0 Å². The molecule has 1 fully saturated rings. The fourth-order valence-corrected chi connectivity index (χ4v) is 4.10. The smallest absolute Gasteiger partial charge is 0.170 e. The molecule has 1 aliphatic heterocycles. The zero-order valence-corrected chi connectivity index (χ0v) is 17.8. The second kappa shape index (κ2) is 8.55. The summed E-state index contributed by atoms with van der Waals surface area (Å²) in [5.41, 5.74) is 2.65. The minimum absolute atomic E-state index is 0.0762. The van der Waals surface area contributed by atoms with Crippen molar-refractivity contribution in [2.45, 2.75) is 25.3 Å². The Morgan fingerprint density at radius 3 is 2.66 bits per heavy atom. The van der Waals surface area contributed by atoms with E-state index in [1.54, 1.807) is 12.4 Å². The predicted molar refractivity (Wildman–Crippen MR) is 119 cm³/mol. The number of hydrogen-bond donors (Lipinski definition) is 0. The molecule has 0 radical (unpaired) electrons. The third-order valence-electron chi connectivity index (χ3n) is 5.99. The molecule has 5 heterocycles. The number of rotatable bonds is 5. The minimum Gasteiger partial charge on any atom is -0.306 e. The molecule has 5 rings (SSSR count). The molecule has 0 unspecified atom stereocenters. The zero-order valence-electron chi connectivity index (χ0n) is 17.8. The molecule has 162 valence electrons. The second-order valence-electron chi connectivity index (χ2n) is 8.33. The lowest BCUT2D eigenvalue weighted by atomic mass is 10.1. The summed E-state index contributed by atoms with van der Waals surface area (Å²) < 4.78 is 15.4. The van der Waals surface area contributed by atoms with Crippen molar-refractivity contribution in [3.8, 4) is 11.3 Å². The Labute approximate surface area is 184 Å². The summed E-state index contributed by atoms with van der Waals surface area (Å²) in [5, 5.41) is 6.41. The lowest BCUT2D eigenvalue weighted by molar-refractivity contribution is 0.0991. The molecule has 0 amide bonds. The molecule has 0 N–H and O–H groups in total. The fourth-order valence-electron chi connectivity index (χ4n) is 4.10. The van der Waals surface area contributed by atoms with Crippen LogP contribution in [0.4, 0.5) is 4.39 Å². The first kappa shape index (κ1) is 20.4. The Morgan fingerprint density at radius 2 is 1.84 bits per heavy atom. The Balaban J connectivity index is 1.37. The van der Waals surface area contributed by atoms with Crippen molar-refractivity contribution in [2.75, 3.05) is 20.1 Å². The highest BCUT2D eigenvalue weighted by Gasteiger charge is 2.19. The third kappa shape index (κ3) is 4.27. The number of Topliss-reactive ketones (excluding diaryl/α,β-unsaturated/α-hetero) is 1. The normalized spacial score (nSPS) is 15.3. The van der Waals surface area contributed by atoms with Gasteiger partial charge in [-0.2, -0.15) is 5.10 Å². The first-order valence-corrected chi connectivity index (χ1v) is 10.7. The Kier molecular flexibility index (Phi) is 5.45. The van der Waals surface area contributed by atoms with Crippen LogP contribution in [0.2, 0.25) is 0 Å². The van der Waals surface area contributed by atoms with E-state index in [0.29, 0.717) is 11.7 Å². The van der Waals surface area contributed by atoms with Gasteiger partial charge in [-0.1, -0.05) is 0 Å². The van der Waals surface area contributed by atoms with Crippen molar-refractivity contribution >= 4 is 16.6 Å². The SMILES string of the molecule is CN1CCC(n2cc(-c3cc4cc(CC(=O)c5cncc(F)c5)ncc4cn3)cn2)CC1. The summed E-state index contributed by atoms with van der Waals surface area (Å²) in [6, 6.07) is 5.48. The van der Waals surface area contributed by atoms with E-state index in [2.05, 4.69) is 42.9 Å². The van der Waals surface area contributed by atoms with Gasteiger partial charge in [0, 0.05) is 47.0 Å². The van der Waals surface area contributed by atoms with E-state index in [1.165, 1.54) is 12.3 Å². The second-order valence-corrected chi connectivity index (χ2v) is 8.33. The molecule has 8 heteroatoms. The van der Waals surface area contributed by atoms with Crippen molar-refractivity contribution in [3.63, 3.8) is 0 Å². The average molecular weight is 430 g/mol. The molecular weight excluding hydrogens is 407 g/mol. The number of likely N-dealkylation sites (tertiary alicyclic amines) is 1. The number of piperidine rings is 1. The molecule has 0 aromatic carbocycles. The van der Waals surface area contributed by atoms with Gasteiger partial charge in [-0.3, -0.25) is 24.4 Å². The largest absolute Gasteiger partial charge is 0.306 e. The molecule has 1 aliphatic rings. The van der Waals surface area contributed by atoms with E-state index in [4.69, 9.17) is 0 Å². The van der Waals surface area contributed by atoms with Crippen molar-refractivity contribution in [1.29, 1.82) is 0 Å². The number of hydrogen-bond acceptors (Lipinski definition) is 6. The van der Waals surface area contributed by atoms with Crippen molar-refractivity contribution in [3.05, 3.63) is 72.5 Å². The number of carbonyl (C=O) groups is 1. The van der Waals surface area contributed by atoms with Gasteiger partial charge in [-0.15, -0.1) is 0 Å². The number of fused-ring (bicyclic) bond motifs is 1. The molecule has 0 bridgehead atoms. The average Bonchev–Trinajstić information content (AvgIpc) is 3.29. The third-order valence-corrected chi connectivity index (χ3v) is 5.99. The maximum absolute atomic E-state index is 13.4. The van der Waals surface area contributed by atoms with Crippen molar-refractivity contribution in [1.82, 2.24) is 29.6 Å². The molecular formula is C24H23FN6O. The summed E-state index contributed by atoms with van der Waals surface area (Å²) in [7, 11) is 2.15. The van der Waals surface area contributed by atoms with Crippen LogP contribution in [-0.2, 0) is 6.42 Å². The van der Waals surface area contributed by atoms with Gasteiger partial charge in [0.15, 0.2) is 5.78 Å². The van der Waals surface area contributed by atoms with Crippen LogP contribution in [0.5, 0.6) is 0 Å². The molecule has 0 aliphatic carbocycles. The van der Waals surface area contributed by atoms with Gasteiger partial charge in [0.25, 0.3) is 0 Å². The lowest BCUT2D eigenvalue weighted by Crippen LogP contribution is -2.31. The van der Waals surface area contributed by atoms with E-state index >= 15 is 0 Å². The monoisotopic (exact) mass is 430 g/mol. The maximum atomic E-state index is 13.4. The number of ketones is 1. The number of pyridine rings is 3. The summed E-state index contributed by atoms with van der Waals surface area (Å²) in [4.78, 5) is 27.5. The first-order chi connectivity index (χ1) is 15.5. The highest BCUT2D eigenvalue weighted by Crippen LogP contribution is 2.26. The minimum atomic E-state index is -0.529. The lowest BCUT2D eigenvalue weighted by Gasteiger charge is -2.28. The fraction of sp³-hybridized carbons (Fsp3) is 0.292. The molecule has 1 saturated heterocycles. The molecule has 0 spiro atoms. The van der Waals surface area contributed by atoms with Gasteiger partial charge in [0.05, 0.1) is 30.6 Å². The van der Waals surface area contributed by atoms with E-state index < -0.39 is 5.82 Å². The van der Waals surface area contributed by atoms with Gasteiger partial charge in [-0.25, -0.2) is 4.39 Å². The number of aromatic nitrogens is 5. The highest BCUT2D eigenvalue weighted by molar-refractivity contribution is 5.97. The van der Waals surface area contributed by atoms with Crippen LogP contribution in [0.25, 0.3) is 22.0 Å².